The van der Waals surface area contributed by atoms with Crippen LogP contribution in [0.25, 0.3) is 0 Å². The molecule has 0 aliphatic heterocycles. The summed E-state index contributed by atoms with van der Waals surface area (Å²) in [6.45, 7) is 0. The summed E-state index contributed by atoms with van der Waals surface area (Å²) in [5, 5.41) is 0. The Kier molecular flexibility index (Phi) is 14.5. The number of halogens is 4. The van der Waals surface area contributed by atoms with Crippen LogP contribution in [0.1, 0.15) is 0 Å². The van der Waals surface area contributed by atoms with E-state index in [1.54, 1.807) is 0 Å². The summed E-state index contributed by atoms with van der Waals surface area (Å²) in [6.07, 6.45) is 0. The van der Waals surface area contributed by atoms with Crippen LogP contribution < -0.4 is 12.3 Å². The Morgan fingerprint density at radius 2 is 0.750 bits per heavy atom. The molecular formula is H8F4N2O4P2. The van der Waals surface area contributed by atoms with Crippen LogP contribution in [0.15, 0.2) is 0 Å². The second-order valence-corrected chi connectivity index (χ2v) is 2.61. The molecule has 0 radical (unpaired) electrons. The molecule has 0 aromatic heterocycles. The molecule has 0 atom stereocenters. The maximum absolute atomic E-state index is 10.1. The maximum atomic E-state index is 10.1. The van der Waals surface area contributed by atoms with E-state index >= 15 is 0 Å². The van der Waals surface area contributed by atoms with E-state index in [1.165, 1.54) is 0 Å². The van der Waals surface area contributed by atoms with Gasteiger partial charge in [0.25, 0.3) is 0 Å². The third-order valence-electron chi connectivity index (χ3n) is 0. The van der Waals surface area contributed by atoms with Gasteiger partial charge in [-0.2, -0.15) is 0 Å². The van der Waals surface area contributed by atoms with Gasteiger partial charge in [0.1, 0.15) is 0 Å². The van der Waals surface area contributed by atoms with Crippen molar-refractivity contribution in [2.24, 2.45) is 0 Å². The Hall–Kier alpha value is 0.0200. The fraction of sp³-hybridized carbons (Fsp3) is 0. The Bertz CT molecular complexity index is 135. The van der Waals surface area contributed by atoms with Crippen LogP contribution in [0.4, 0.5) is 16.8 Å². The first-order chi connectivity index (χ1) is 4.00. The van der Waals surface area contributed by atoms with Crippen molar-refractivity contribution in [3.8, 4) is 0 Å². The smallest absolute Gasteiger partial charge is 0.344 e. The van der Waals surface area contributed by atoms with Crippen LogP contribution in [0, 0.1) is 0 Å². The lowest BCUT2D eigenvalue weighted by molar-refractivity contribution is 0.374. The van der Waals surface area contributed by atoms with Crippen molar-refractivity contribution in [2.75, 3.05) is 0 Å². The van der Waals surface area contributed by atoms with Crippen LogP contribution in [0.5, 0.6) is 0 Å². The Morgan fingerprint density at radius 3 is 0.750 bits per heavy atom. The van der Waals surface area contributed by atoms with Crippen LogP contribution in [-0.4, -0.2) is 9.79 Å². The third-order valence-corrected chi connectivity index (χ3v) is 0. The highest BCUT2D eigenvalue weighted by Crippen LogP contribution is 2.43. The van der Waals surface area contributed by atoms with Crippen molar-refractivity contribution >= 4 is 16.0 Å². The molecule has 0 rings (SSSR count). The van der Waals surface area contributed by atoms with Gasteiger partial charge in [-0.3, -0.25) is 9.79 Å². The molecule has 0 heterocycles. The van der Waals surface area contributed by atoms with Gasteiger partial charge in [0, 0.05) is 0 Å². The first kappa shape index (κ1) is 22.7. The molecule has 0 unspecified atom stereocenters. The van der Waals surface area contributed by atoms with Gasteiger partial charge in [0.15, 0.2) is 0 Å². The van der Waals surface area contributed by atoms with E-state index in [-0.39, 0.29) is 12.3 Å². The van der Waals surface area contributed by atoms with Crippen molar-refractivity contribution in [1.29, 1.82) is 0 Å². The summed E-state index contributed by atoms with van der Waals surface area (Å²) in [4.78, 5) is 13.5. The fourth-order valence-corrected chi connectivity index (χ4v) is 0. The minimum absolute atomic E-state index is 0. The average Bonchev–Trinajstić information content (AvgIpc) is 1.12. The molecular weight excluding hydrogens is 230 g/mol. The number of hydrogen-bond acceptors (Lipinski definition) is 4. The van der Waals surface area contributed by atoms with Crippen LogP contribution in [0.2, 0.25) is 0 Å². The van der Waals surface area contributed by atoms with Gasteiger partial charge in [0.05, 0.1) is 0 Å². The minimum atomic E-state index is -5.64. The molecule has 0 aliphatic rings. The molecule has 0 fully saturated rings. The summed E-state index contributed by atoms with van der Waals surface area (Å²) in [5.41, 5.74) is 0. The highest BCUT2D eigenvalue weighted by atomic mass is 31.2. The van der Waals surface area contributed by atoms with Crippen molar-refractivity contribution in [3.63, 3.8) is 0 Å². The monoisotopic (exact) mass is 238 g/mol. The fourth-order valence-electron chi connectivity index (χ4n) is 0. The largest absolute Gasteiger partial charge is 0.549 e. The molecule has 80 valence electrons. The predicted octanol–water partition coefficient (Wildman–Crippen LogP) is 2.38. The molecule has 8 N–H and O–H groups in total. The molecule has 6 nitrogen and oxygen atoms in total. The lowest BCUT2D eigenvalue weighted by Crippen LogP contribution is -1.45. The second-order valence-electron chi connectivity index (χ2n) is 0.869. The van der Waals surface area contributed by atoms with E-state index in [4.69, 9.17) is 18.9 Å². The van der Waals surface area contributed by atoms with Gasteiger partial charge in [-0.05, 0) is 0 Å². The van der Waals surface area contributed by atoms with E-state index in [9.17, 15) is 16.8 Å². The molecule has 0 saturated heterocycles. The van der Waals surface area contributed by atoms with Crippen LogP contribution in [-0.2, 0) is 9.13 Å². The average molecular weight is 238 g/mol. The van der Waals surface area contributed by atoms with Gasteiger partial charge in [-0.15, -0.1) is 16.8 Å². The Labute approximate surface area is 65.1 Å². The van der Waals surface area contributed by atoms with Gasteiger partial charge in [-0.25, -0.2) is 9.13 Å². The molecule has 0 spiro atoms. The SMILES string of the molecule is N.N.O=P(O)(F)F.O=P(O)(F)F. The quantitative estimate of drug-likeness (QED) is 0.376. The first-order valence-corrected chi connectivity index (χ1v) is 4.32. The summed E-state index contributed by atoms with van der Waals surface area (Å²) in [6, 6.07) is 0. The topological polar surface area (TPSA) is 145 Å². The van der Waals surface area contributed by atoms with Crippen LogP contribution in [0.3, 0.4) is 0 Å². The van der Waals surface area contributed by atoms with E-state index < -0.39 is 16.0 Å². The lowest BCUT2D eigenvalue weighted by atomic mass is 14.0. The normalized spacial score (nSPS) is 9.83. The van der Waals surface area contributed by atoms with E-state index in [0.29, 0.717) is 0 Å². The summed E-state index contributed by atoms with van der Waals surface area (Å²) in [7, 11) is -11.3. The summed E-state index contributed by atoms with van der Waals surface area (Å²) < 4.78 is 57.4. The standard InChI is InChI=1S/2F2HO2P.2H3N/c2*1-5(2,3)4;;/h2*(H,3,4);2*1H3. The van der Waals surface area contributed by atoms with Gasteiger partial charge in [0.2, 0.25) is 0 Å². The molecule has 0 aliphatic carbocycles. The molecule has 0 aromatic carbocycles. The van der Waals surface area contributed by atoms with Crippen molar-refractivity contribution in [2.45, 2.75) is 0 Å². The molecule has 12 heteroatoms. The zero-order valence-electron chi connectivity index (χ0n) is 5.53. The number of rotatable bonds is 0. The van der Waals surface area contributed by atoms with E-state index in [0.717, 1.165) is 0 Å². The van der Waals surface area contributed by atoms with Gasteiger partial charge >= 0.3 is 16.0 Å². The van der Waals surface area contributed by atoms with E-state index in [1.807, 2.05) is 0 Å². The minimum Gasteiger partial charge on any atom is -0.344 e. The molecule has 0 amide bonds. The van der Waals surface area contributed by atoms with Gasteiger partial charge < -0.3 is 12.3 Å². The Morgan fingerprint density at radius 1 is 0.750 bits per heavy atom. The Balaban J connectivity index is -0.0000000457. The third kappa shape index (κ3) is 2040000. The summed E-state index contributed by atoms with van der Waals surface area (Å²) >= 11 is 0. The molecule has 0 saturated carbocycles. The van der Waals surface area contributed by atoms with Crippen LogP contribution >= 0.6 is 16.0 Å². The predicted molar refractivity (Wildman–Crippen MR) is 34.1 cm³/mol. The highest BCUT2D eigenvalue weighted by Gasteiger charge is 2.09. The maximum Gasteiger partial charge on any atom is 0.549 e. The summed E-state index contributed by atoms with van der Waals surface area (Å²) in [5.74, 6) is 0. The molecule has 12 heavy (non-hydrogen) atoms. The second kappa shape index (κ2) is 7.66. The lowest BCUT2D eigenvalue weighted by Gasteiger charge is -1.73. The molecule has 0 bridgehead atoms. The zero-order valence-corrected chi connectivity index (χ0v) is 7.32. The molecule has 0 aromatic rings. The van der Waals surface area contributed by atoms with E-state index in [2.05, 4.69) is 0 Å². The highest BCUT2D eigenvalue weighted by molar-refractivity contribution is 7.46. The van der Waals surface area contributed by atoms with Gasteiger partial charge in [-0.1, -0.05) is 0 Å². The number of hydrogen-bond donors (Lipinski definition) is 4. The zero-order chi connectivity index (χ0) is 9.00. The van der Waals surface area contributed by atoms with Crippen molar-refractivity contribution in [1.82, 2.24) is 12.3 Å². The van der Waals surface area contributed by atoms with Crippen molar-refractivity contribution < 1.29 is 35.7 Å². The first-order valence-electron chi connectivity index (χ1n) is 1.44. The van der Waals surface area contributed by atoms with Crippen molar-refractivity contribution in [3.05, 3.63) is 0 Å².